The normalized spacial score (nSPS) is 14.4. The third-order valence-corrected chi connectivity index (χ3v) is 5.21. The van der Waals surface area contributed by atoms with E-state index in [-0.39, 0.29) is 5.82 Å². The van der Waals surface area contributed by atoms with Gasteiger partial charge in [-0.15, -0.1) is 11.3 Å². The van der Waals surface area contributed by atoms with Gasteiger partial charge in [-0.25, -0.2) is 4.39 Å². The lowest BCUT2D eigenvalue weighted by molar-refractivity contribution is 0.613. The zero-order valence-corrected chi connectivity index (χ0v) is 14.3. The van der Waals surface area contributed by atoms with E-state index in [1.165, 1.54) is 24.5 Å². The molecule has 0 radical (unpaired) electrons. The van der Waals surface area contributed by atoms with Gasteiger partial charge in [0.05, 0.1) is 9.47 Å². The molecule has 21 heavy (non-hydrogen) atoms. The smallest absolute Gasteiger partial charge is 0.146 e. The summed E-state index contributed by atoms with van der Waals surface area (Å²) in [6, 6.07) is 8.05. The number of halogens is 2. The molecule has 1 aromatic carbocycles. The summed E-state index contributed by atoms with van der Waals surface area (Å²) in [5.74, 6) is -0.151. The van der Waals surface area contributed by atoms with Crippen LogP contribution >= 0.6 is 27.3 Å². The van der Waals surface area contributed by atoms with Gasteiger partial charge in [-0.05, 0) is 57.4 Å². The monoisotopic (exact) mass is 368 g/mol. The molecule has 1 fully saturated rings. The molecule has 3 rings (SSSR count). The highest BCUT2D eigenvalue weighted by Gasteiger charge is 2.21. The third kappa shape index (κ3) is 3.84. The van der Waals surface area contributed by atoms with Crippen LogP contribution in [-0.2, 0) is 13.1 Å². The molecule has 5 heteroatoms. The Kier molecular flexibility index (Phi) is 4.62. The molecule has 0 bridgehead atoms. The molecule has 1 aliphatic rings. The molecule has 2 nitrogen and oxygen atoms in total. The summed E-state index contributed by atoms with van der Waals surface area (Å²) in [5, 5.41) is 5.57. The van der Waals surface area contributed by atoms with Crippen molar-refractivity contribution in [2.75, 3.05) is 11.9 Å². The molecular weight excluding hydrogens is 351 g/mol. The van der Waals surface area contributed by atoms with E-state index < -0.39 is 0 Å². The van der Waals surface area contributed by atoms with Crippen LogP contribution in [0, 0.1) is 5.82 Å². The summed E-state index contributed by atoms with van der Waals surface area (Å²) in [6.45, 7) is 1.44. The number of para-hydroxylation sites is 1. The molecule has 1 aliphatic carbocycles. The lowest BCUT2D eigenvalue weighted by Gasteiger charge is -2.23. The fraction of sp³-hybridized carbons (Fsp3) is 0.375. The summed E-state index contributed by atoms with van der Waals surface area (Å²) >= 11 is 5.13. The first-order valence-corrected chi connectivity index (χ1v) is 8.75. The Morgan fingerprint density at radius 3 is 2.90 bits per heavy atom. The lowest BCUT2D eigenvalue weighted by Crippen LogP contribution is -2.22. The number of thiophene rings is 1. The van der Waals surface area contributed by atoms with Crippen molar-refractivity contribution in [1.29, 1.82) is 0 Å². The van der Waals surface area contributed by atoms with Crippen molar-refractivity contribution in [2.24, 2.45) is 0 Å². The minimum atomic E-state index is -0.151. The Morgan fingerprint density at radius 1 is 1.43 bits per heavy atom. The van der Waals surface area contributed by atoms with Crippen LogP contribution in [0.2, 0.25) is 0 Å². The van der Waals surface area contributed by atoms with Crippen molar-refractivity contribution in [3.63, 3.8) is 0 Å². The van der Waals surface area contributed by atoms with E-state index in [1.807, 2.05) is 18.0 Å². The maximum Gasteiger partial charge on any atom is 0.146 e. The number of hydrogen-bond acceptors (Lipinski definition) is 3. The van der Waals surface area contributed by atoms with Crippen molar-refractivity contribution in [3.8, 4) is 0 Å². The minimum Gasteiger partial charge on any atom is -0.368 e. The van der Waals surface area contributed by atoms with Crippen molar-refractivity contribution in [2.45, 2.75) is 32.0 Å². The molecule has 0 unspecified atom stereocenters. The molecule has 0 atom stereocenters. The van der Waals surface area contributed by atoms with Gasteiger partial charge in [0.2, 0.25) is 0 Å². The lowest BCUT2D eigenvalue weighted by atomic mass is 10.1. The summed E-state index contributed by atoms with van der Waals surface area (Å²) in [5.41, 5.74) is 2.92. The average molecular weight is 369 g/mol. The molecule has 2 aromatic rings. The van der Waals surface area contributed by atoms with Crippen LogP contribution in [0.15, 0.2) is 33.4 Å². The van der Waals surface area contributed by atoms with E-state index in [0.717, 1.165) is 15.9 Å². The standard InChI is InChI=1S/C16H18BrFN2S/c1-20(9-11-7-15(17)21-10-11)16-12(3-2-4-14(16)18)8-19-13-5-6-13/h2-4,7,10,13,19H,5-6,8-9H2,1H3. The first-order chi connectivity index (χ1) is 10.1. The van der Waals surface area contributed by atoms with Crippen LogP contribution in [-0.4, -0.2) is 13.1 Å². The van der Waals surface area contributed by atoms with Gasteiger partial charge >= 0.3 is 0 Å². The number of rotatable bonds is 6. The summed E-state index contributed by atoms with van der Waals surface area (Å²) < 4.78 is 15.4. The molecule has 0 saturated heterocycles. The molecule has 1 aromatic heterocycles. The van der Waals surface area contributed by atoms with Gasteiger partial charge in [-0.3, -0.25) is 0 Å². The second-order valence-electron chi connectivity index (χ2n) is 5.52. The third-order valence-electron chi connectivity index (χ3n) is 3.65. The highest BCUT2D eigenvalue weighted by molar-refractivity contribution is 9.11. The van der Waals surface area contributed by atoms with Crippen LogP contribution in [0.3, 0.4) is 0 Å². The Hall–Kier alpha value is -0.910. The van der Waals surface area contributed by atoms with Gasteiger partial charge in [0.25, 0.3) is 0 Å². The number of nitrogens with zero attached hydrogens (tertiary/aromatic N) is 1. The van der Waals surface area contributed by atoms with E-state index >= 15 is 0 Å². The number of nitrogens with one attached hydrogen (secondary N) is 1. The van der Waals surface area contributed by atoms with Crippen LogP contribution < -0.4 is 10.2 Å². The zero-order chi connectivity index (χ0) is 14.8. The maximum absolute atomic E-state index is 14.3. The fourth-order valence-corrected chi connectivity index (χ4v) is 3.65. The van der Waals surface area contributed by atoms with Crippen molar-refractivity contribution in [3.05, 3.63) is 50.4 Å². The van der Waals surface area contributed by atoms with Gasteiger partial charge in [-0.1, -0.05) is 12.1 Å². The highest BCUT2D eigenvalue weighted by Crippen LogP contribution is 2.28. The number of hydrogen-bond donors (Lipinski definition) is 1. The molecular formula is C16H18BrFN2S. The summed E-state index contributed by atoms with van der Waals surface area (Å²) in [7, 11) is 1.95. The molecule has 112 valence electrons. The van der Waals surface area contributed by atoms with Crippen molar-refractivity contribution >= 4 is 33.0 Å². The Bertz CT molecular complexity index is 624. The SMILES string of the molecule is CN(Cc1csc(Br)c1)c1c(F)cccc1CNC1CC1. The predicted molar refractivity (Wildman–Crippen MR) is 90.4 cm³/mol. The van der Waals surface area contributed by atoms with Gasteiger partial charge in [-0.2, -0.15) is 0 Å². The number of anilines is 1. The second kappa shape index (κ2) is 6.46. The van der Waals surface area contributed by atoms with E-state index in [1.54, 1.807) is 17.4 Å². The molecule has 0 aliphatic heterocycles. The van der Waals surface area contributed by atoms with Crippen LogP contribution in [0.25, 0.3) is 0 Å². The Morgan fingerprint density at radius 2 is 2.24 bits per heavy atom. The van der Waals surface area contributed by atoms with Gasteiger partial charge in [0.15, 0.2) is 0 Å². The van der Waals surface area contributed by atoms with Gasteiger partial charge in [0.1, 0.15) is 5.82 Å². The minimum absolute atomic E-state index is 0.151. The molecule has 1 heterocycles. The van der Waals surface area contributed by atoms with Crippen LogP contribution in [0.1, 0.15) is 24.0 Å². The summed E-state index contributed by atoms with van der Waals surface area (Å²) in [6.07, 6.45) is 2.48. The molecule has 0 amide bonds. The summed E-state index contributed by atoms with van der Waals surface area (Å²) in [4.78, 5) is 1.99. The Balaban J connectivity index is 1.77. The Labute approximate surface area is 137 Å². The van der Waals surface area contributed by atoms with E-state index in [2.05, 4.69) is 32.7 Å². The fourth-order valence-electron chi connectivity index (χ4n) is 2.45. The van der Waals surface area contributed by atoms with Crippen molar-refractivity contribution in [1.82, 2.24) is 5.32 Å². The van der Waals surface area contributed by atoms with Gasteiger partial charge < -0.3 is 10.2 Å². The highest BCUT2D eigenvalue weighted by atomic mass is 79.9. The zero-order valence-electron chi connectivity index (χ0n) is 11.9. The van der Waals surface area contributed by atoms with Crippen LogP contribution in [0.4, 0.5) is 10.1 Å². The van der Waals surface area contributed by atoms with Gasteiger partial charge in [0, 0.05) is 26.2 Å². The van der Waals surface area contributed by atoms with E-state index in [0.29, 0.717) is 18.3 Å². The van der Waals surface area contributed by atoms with E-state index in [4.69, 9.17) is 0 Å². The largest absolute Gasteiger partial charge is 0.368 e. The van der Waals surface area contributed by atoms with Crippen molar-refractivity contribution < 1.29 is 4.39 Å². The topological polar surface area (TPSA) is 15.3 Å². The average Bonchev–Trinajstić information content (AvgIpc) is 3.19. The molecule has 1 N–H and O–H groups in total. The van der Waals surface area contributed by atoms with Crippen LogP contribution in [0.5, 0.6) is 0 Å². The maximum atomic E-state index is 14.3. The molecule has 0 spiro atoms. The molecule has 1 saturated carbocycles. The predicted octanol–water partition coefficient (Wildman–Crippen LogP) is 4.54. The first kappa shape index (κ1) is 15.0. The second-order valence-corrected chi connectivity index (χ2v) is 7.81. The van der Waals surface area contributed by atoms with E-state index in [9.17, 15) is 4.39 Å². The first-order valence-electron chi connectivity index (χ1n) is 7.08. The number of benzene rings is 1. The quantitative estimate of drug-likeness (QED) is 0.804.